The molecule has 0 radical (unpaired) electrons. The lowest BCUT2D eigenvalue weighted by Gasteiger charge is -2.35. The molecule has 1 aromatic heterocycles. The number of nitrogens with one attached hydrogen (secondary N) is 1. The molecule has 0 amide bonds. The van der Waals surface area contributed by atoms with Crippen molar-refractivity contribution in [3.63, 3.8) is 0 Å². The molecule has 0 unspecified atom stereocenters. The third kappa shape index (κ3) is 2.53. The van der Waals surface area contributed by atoms with Gasteiger partial charge in [0.25, 0.3) is 0 Å². The molecule has 3 heteroatoms. The van der Waals surface area contributed by atoms with E-state index >= 15 is 0 Å². The van der Waals surface area contributed by atoms with Crippen molar-refractivity contribution < 1.29 is 0 Å². The number of rotatable bonds is 3. The number of nitrogens with zero attached hydrogens (tertiary/aromatic N) is 1. The largest absolute Gasteiger partial charge is 0.329 e. The number of likely N-dealkylation sites (tertiary alicyclic amines) is 1. The van der Waals surface area contributed by atoms with Crippen LogP contribution in [0.1, 0.15) is 44.2 Å². The van der Waals surface area contributed by atoms with E-state index in [1.807, 2.05) is 12.3 Å². The highest BCUT2D eigenvalue weighted by Gasteiger charge is 2.22. The molecule has 1 aliphatic rings. The Bertz CT molecular complexity index is 363. The smallest absolute Gasteiger partial charge is 0.247 e. The fourth-order valence-electron chi connectivity index (χ4n) is 2.55. The van der Waals surface area contributed by atoms with Gasteiger partial charge in [0, 0.05) is 18.3 Å². The van der Waals surface area contributed by atoms with Crippen LogP contribution in [-0.4, -0.2) is 23.0 Å². The summed E-state index contributed by atoms with van der Waals surface area (Å²) >= 11 is 0. The first kappa shape index (κ1) is 11.4. The van der Waals surface area contributed by atoms with E-state index in [0.717, 1.165) is 6.54 Å². The molecule has 1 saturated heterocycles. The highest BCUT2D eigenvalue weighted by molar-refractivity contribution is 5.14. The number of H-pyrrole nitrogens is 1. The number of hydrogen-bond acceptors (Lipinski definition) is 2. The van der Waals surface area contributed by atoms with Crippen LogP contribution in [-0.2, 0) is 0 Å². The van der Waals surface area contributed by atoms with Gasteiger partial charge in [-0.2, -0.15) is 0 Å². The van der Waals surface area contributed by atoms with Crippen molar-refractivity contribution in [1.82, 2.24) is 9.88 Å². The number of aromatic nitrogens is 1. The number of pyridine rings is 1. The maximum absolute atomic E-state index is 11.0. The van der Waals surface area contributed by atoms with E-state index < -0.39 is 0 Å². The topological polar surface area (TPSA) is 36.1 Å². The molecule has 0 spiro atoms. The third-order valence-corrected chi connectivity index (χ3v) is 3.32. The predicted octanol–water partition coefficient (Wildman–Crippen LogP) is 2.31. The maximum Gasteiger partial charge on any atom is 0.247 e. The van der Waals surface area contributed by atoms with Gasteiger partial charge in [-0.15, -0.1) is 0 Å². The molecule has 2 heterocycles. The molecular weight excluding hydrogens is 200 g/mol. The lowest BCUT2D eigenvalue weighted by molar-refractivity contribution is 0.149. The van der Waals surface area contributed by atoms with E-state index in [1.54, 1.807) is 6.07 Å². The van der Waals surface area contributed by atoms with Gasteiger partial charge >= 0.3 is 0 Å². The molecular formula is C13H20N2O. The normalized spacial score (nSPS) is 22.2. The van der Waals surface area contributed by atoms with Crippen LogP contribution < -0.4 is 5.56 Å². The number of piperidine rings is 1. The van der Waals surface area contributed by atoms with E-state index in [4.69, 9.17) is 0 Å². The summed E-state index contributed by atoms with van der Waals surface area (Å²) in [5, 5.41) is 0. The quantitative estimate of drug-likeness (QED) is 0.848. The van der Waals surface area contributed by atoms with Crippen LogP contribution >= 0.6 is 0 Å². The van der Waals surface area contributed by atoms with Gasteiger partial charge in [-0.25, -0.2) is 0 Å². The van der Waals surface area contributed by atoms with Crippen LogP contribution in [0.3, 0.4) is 0 Å². The summed E-state index contributed by atoms with van der Waals surface area (Å²) in [4.78, 5) is 16.4. The molecule has 16 heavy (non-hydrogen) atoms. The predicted molar refractivity (Wildman–Crippen MR) is 65.5 cm³/mol. The second-order valence-electron chi connectivity index (χ2n) is 4.53. The Labute approximate surface area is 96.5 Å². The Morgan fingerprint density at radius 2 is 2.31 bits per heavy atom. The maximum atomic E-state index is 11.0. The number of hydrogen-bond donors (Lipinski definition) is 1. The molecule has 0 saturated carbocycles. The van der Waals surface area contributed by atoms with Crippen LogP contribution in [0, 0.1) is 0 Å². The highest BCUT2D eigenvalue weighted by Crippen LogP contribution is 2.29. The summed E-state index contributed by atoms with van der Waals surface area (Å²) in [6.45, 7) is 4.57. The van der Waals surface area contributed by atoms with Crippen molar-refractivity contribution in [3.05, 3.63) is 34.2 Å². The van der Waals surface area contributed by atoms with Gasteiger partial charge in [0.1, 0.15) is 0 Å². The summed E-state index contributed by atoms with van der Waals surface area (Å²) in [6.07, 6.45) is 6.89. The van der Waals surface area contributed by atoms with E-state index in [-0.39, 0.29) is 5.56 Å². The molecule has 1 atom stereocenters. The number of aromatic amines is 1. The van der Waals surface area contributed by atoms with E-state index in [9.17, 15) is 4.79 Å². The van der Waals surface area contributed by atoms with Crippen LogP contribution in [0.15, 0.2) is 23.1 Å². The zero-order valence-electron chi connectivity index (χ0n) is 9.91. The summed E-state index contributed by atoms with van der Waals surface area (Å²) in [7, 11) is 0. The molecule has 0 bridgehead atoms. The van der Waals surface area contributed by atoms with E-state index in [1.165, 1.54) is 37.8 Å². The second-order valence-corrected chi connectivity index (χ2v) is 4.53. The lowest BCUT2D eigenvalue weighted by Crippen LogP contribution is -2.34. The summed E-state index contributed by atoms with van der Waals surface area (Å²) in [6, 6.07) is 4.11. The van der Waals surface area contributed by atoms with Crippen molar-refractivity contribution in [2.24, 2.45) is 0 Å². The first-order chi connectivity index (χ1) is 7.81. The van der Waals surface area contributed by atoms with Gasteiger partial charge in [-0.3, -0.25) is 9.69 Å². The zero-order chi connectivity index (χ0) is 11.4. The van der Waals surface area contributed by atoms with Gasteiger partial charge in [-0.05, 0) is 37.9 Å². The van der Waals surface area contributed by atoms with Crippen molar-refractivity contribution in [3.8, 4) is 0 Å². The minimum atomic E-state index is -0.0124. The van der Waals surface area contributed by atoms with Crippen molar-refractivity contribution >= 4 is 0 Å². The standard InChI is InChI=1S/C13H20N2O/c1-2-8-15-9-4-3-5-12(15)11-6-7-13(16)14-10-11/h6-7,10,12H,2-5,8-9H2,1H3,(H,14,16)/t12-/m1/s1. The van der Waals surface area contributed by atoms with Gasteiger partial charge < -0.3 is 4.98 Å². The molecule has 0 aromatic carbocycles. The fourth-order valence-corrected chi connectivity index (χ4v) is 2.55. The summed E-state index contributed by atoms with van der Waals surface area (Å²) < 4.78 is 0. The van der Waals surface area contributed by atoms with E-state index in [2.05, 4.69) is 16.8 Å². The fraction of sp³-hybridized carbons (Fsp3) is 0.615. The van der Waals surface area contributed by atoms with Crippen molar-refractivity contribution in [1.29, 1.82) is 0 Å². The molecule has 1 fully saturated rings. The van der Waals surface area contributed by atoms with Crippen LogP contribution in [0.25, 0.3) is 0 Å². The van der Waals surface area contributed by atoms with Crippen LogP contribution in [0.2, 0.25) is 0 Å². The Balaban J connectivity index is 2.16. The summed E-state index contributed by atoms with van der Waals surface area (Å²) in [5.41, 5.74) is 1.24. The molecule has 88 valence electrons. The summed E-state index contributed by atoms with van der Waals surface area (Å²) in [5.74, 6) is 0. The van der Waals surface area contributed by atoms with Gasteiger partial charge in [0.2, 0.25) is 5.56 Å². The van der Waals surface area contributed by atoms with Crippen molar-refractivity contribution in [2.75, 3.05) is 13.1 Å². The molecule has 1 aliphatic heterocycles. The Morgan fingerprint density at radius 3 is 3.00 bits per heavy atom. The molecule has 1 N–H and O–H groups in total. The Morgan fingerprint density at radius 1 is 1.44 bits per heavy atom. The molecule has 3 nitrogen and oxygen atoms in total. The molecule has 0 aliphatic carbocycles. The third-order valence-electron chi connectivity index (χ3n) is 3.32. The van der Waals surface area contributed by atoms with E-state index in [0.29, 0.717) is 6.04 Å². The lowest BCUT2D eigenvalue weighted by atomic mass is 9.96. The zero-order valence-corrected chi connectivity index (χ0v) is 9.91. The average Bonchev–Trinajstić information content (AvgIpc) is 2.32. The second kappa shape index (κ2) is 5.30. The Hall–Kier alpha value is -1.09. The molecule has 1 aromatic rings. The molecule has 2 rings (SSSR count). The minimum absolute atomic E-state index is 0.0124. The first-order valence-corrected chi connectivity index (χ1v) is 6.24. The highest BCUT2D eigenvalue weighted by atomic mass is 16.1. The average molecular weight is 220 g/mol. The van der Waals surface area contributed by atoms with Crippen molar-refractivity contribution in [2.45, 2.75) is 38.6 Å². The van der Waals surface area contributed by atoms with Crippen LogP contribution in [0.5, 0.6) is 0 Å². The van der Waals surface area contributed by atoms with Gasteiger partial charge in [-0.1, -0.05) is 19.4 Å². The van der Waals surface area contributed by atoms with Crippen LogP contribution in [0.4, 0.5) is 0 Å². The first-order valence-electron chi connectivity index (χ1n) is 6.24. The minimum Gasteiger partial charge on any atom is -0.329 e. The SMILES string of the molecule is CCCN1CCCC[C@@H]1c1ccc(=O)[nH]c1. The Kier molecular flexibility index (Phi) is 3.78. The monoisotopic (exact) mass is 220 g/mol. The van der Waals surface area contributed by atoms with Gasteiger partial charge in [0.15, 0.2) is 0 Å². The van der Waals surface area contributed by atoms with Gasteiger partial charge in [0.05, 0.1) is 0 Å².